The molecule has 1 saturated heterocycles. The summed E-state index contributed by atoms with van der Waals surface area (Å²) in [5.41, 5.74) is 0.561. The smallest absolute Gasteiger partial charge is 0.224 e. The quantitative estimate of drug-likeness (QED) is 0.860. The van der Waals surface area contributed by atoms with Crippen LogP contribution in [0.25, 0.3) is 0 Å². The molecule has 18 heavy (non-hydrogen) atoms. The van der Waals surface area contributed by atoms with Crippen LogP contribution in [-0.4, -0.2) is 19.0 Å². The zero-order valence-electron chi connectivity index (χ0n) is 10.0. The van der Waals surface area contributed by atoms with Crippen LogP contribution in [0.3, 0.4) is 0 Å². The Bertz CT molecular complexity index is 431. The third-order valence-electron chi connectivity index (χ3n) is 3.12. The van der Waals surface area contributed by atoms with Crippen LogP contribution in [0.2, 0.25) is 0 Å². The van der Waals surface area contributed by atoms with Crippen molar-refractivity contribution in [2.45, 2.75) is 19.4 Å². The van der Waals surface area contributed by atoms with Gasteiger partial charge in [-0.05, 0) is 37.1 Å². The Kier molecular flexibility index (Phi) is 4.25. The van der Waals surface area contributed by atoms with Crippen LogP contribution >= 0.6 is 0 Å². The standard InChI is InChI=1S/C13H16F2N2O/c14-11-4-3-9(6-12(11)15)7-17-13(18)10-2-1-5-16-8-10/h3-4,6,10,16H,1-2,5,7-8H2,(H,17,18)/t10-/m0/s1. The summed E-state index contributed by atoms with van der Waals surface area (Å²) in [6, 6.07) is 3.64. The molecule has 98 valence electrons. The van der Waals surface area contributed by atoms with E-state index < -0.39 is 11.6 Å². The van der Waals surface area contributed by atoms with Gasteiger partial charge < -0.3 is 10.6 Å². The first-order chi connectivity index (χ1) is 8.66. The second-order valence-corrected chi connectivity index (χ2v) is 4.51. The molecular weight excluding hydrogens is 238 g/mol. The maximum absolute atomic E-state index is 13.0. The van der Waals surface area contributed by atoms with Crippen molar-refractivity contribution in [2.24, 2.45) is 5.92 Å². The number of rotatable bonds is 3. The summed E-state index contributed by atoms with van der Waals surface area (Å²) in [7, 11) is 0. The van der Waals surface area contributed by atoms with Gasteiger partial charge in [-0.3, -0.25) is 4.79 Å². The van der Waals surface area contributed by atoms with E-state index in [2.05, 4.69) is 10.6 Å². The molecule has 5 heteroatoms. The van der Waals surface area contributed by atoms with Crippen molar-refractivity contribution >= 4 is 5.91 Å². The molecule has 1 amide bonds. The van der Waals surface area contributed by atoms with E-state index in [1.807, 2.05) is 0 Å². The van der Waals surface area contributed by atoms with Gasteiger partial charge in [0.2, 0.25) is 5.91 Å². The molecule has 2 N–H and O–H groups in total. The number of benzene rings is 1. The predicted octanol–water partition coefficient (Wildman–Crippen LogP) is 1.58. The van der Waals surface area contributed by atoms with Gasteiger partial charge in [0.15, 0.2) is 11.6 Å². The lowest BCUT2D eigenvalue weighted by molar-refractivity contribution is -0.125. The van der Waals surface area contributed by atoms with Crippen molar-refractivity contribution in [3.8, 4) is 0 Å². The molecule has 1 atom stereocenters. The minimum atomic E-state index is -0.888. The fraction of sp³-hybridized carbons (Fsp3) is 0.462. The van der Waals surface area contributed by atoms with Gasteiger partial charge in [0, 0.05) is 13.1 Å². The van der Waals surface area contributed by atoms with Crippen LogP contribution in [-0.2, 0) is 11.3 Å². The van der Waals surface area contributed by atoms with Crippen molar-refractivity contribution in [2.75, 3.05) is 13.1 Å². The normalized spacial score (nSPS) is 19.6. The van der Waals surface area contributed by atoms with E-state index in [9.17, 15) is 13.6 Å². The summed E-state index contributed by atoms with van der Waals surface area (Å²) in [5, 5.41) is 5.91. The van der Waals surface area contributed by atoms with Crippen LogP contribution in [0.1, 0.15) is 18.4 Å². The maximum Gasteiger partial charge on any atom is 0.224 e. The Morgan fingerprint density at radius 2 is 2.22 bits per heavy atom. The van der Waals surface area contributed by atoms with Gasteiger partial charge in [0.05, 0.1) is 5.92 Å². The van der Waals surface area contributed by atoms with Crippen molar-refractivity contribution in [1.82, 2.24) is 10.6 Å². The first-order valence-corrected chi connectivity index (χ1v) is 6.09. The second-order valence-electron chi connectivity index (χ2n) is 4.51. The van der Waals surface area contributed by atoms with E-state index in [4.69, 9.17) is 0 Å². The molecule has 1 heterocycles. The highest BCUT2D eigenvalue weighted by Gasteiger charge is 2.20. The van der Waals surface area contributed by atoms with Crippen LogP contribution in [0.5, 0.6) is 0 Å². The van der Waals surface area contributed by atoms with Crippen LogP contribution in [0.15, 0.2) is 18.2 Å². The lowest BCUT2D eigenvalue weighted by Gasteiger charge is -2.21. The topological polar surface area (TPSA) is 41.1 Å². The summed E-state index contributed by atoms with van der Waals surface area (Å²) in [6.45, 7) is 1.86. The highest BCUT2D eigenvalue weighted by Crippen LogP contribution is 2.11. The molecule has 0 bridgehead atoms. The number of carbonyl (C=O) groups excluding carboxylic acids is 1. The number of hydrogen-bond acceptors (Lipinski definition) is 2. The van der Waals surface area contributed by atoms with E-state index in [0.717, 1.165) is 31.5 Å². The predicted molar refractivity (Wildman–Crippen MR) is 63.8 cm³/mol. The Balaban J connectivity index is 1.86. The van der Waals surface area contributed by atoms with Gasteiger partial charge >= 0.3 is 0 Å². The van der Waals surface area contributed by atoms with Crippen LogP contribution in [0, 0.1) is 17.6 Å². The Hall–Kier alpha value is -1.49. The first-order valence-electron chi connectivity index (χ1n) is 6.09. The molecule has 1 aliphatic rings. The molecule has 0 unspecified atom stereocenters. The van der Waals surface area contributed by atoms with Gasteiger partial charge in [-0.15, -0.1) is 0 Å². The van der Waals surface area contributed by atoms with Crippen molar-refractivity contribution in [1.29, 1.82) is 0 Å². The van der Waals surface area contributed by atoms with Crippen molar-refractivity contribution in [3.63, 3.8) is 0 Å². The third kappa shape index (κ3) is 3.26. The van der Waals surface area contributed by atoms with Gasteiger partial charge in [-0.25, -0.2) is 8.78 Å². The SMILES string of the molecule is O=C(NCc1ccc(F)c(F)c1)[C@H]1CCCNC1. The minimum Gasteiger partial charge on any atom is -0.352 e. The fourth-order valence-corrected chi connectivity index (χ4v) is 2.06. The van der Waals surface area contributed by atoms with Gasteiger partial charge in [0.25, 0.3) is 0 Å². The van der Waals surface area contributed by atoms with E-state index in [1.165, 1.54) is 6.07 Å². The average Bonchev–Trinajstić information content (AvgIpc) is 2.41. The molecule has 3 nitrogen and oxygen atoms in total. The molecule has 0 aliphatic carbocycles. The minimum absolute atomic E-state index is 0.0240. The number of carbonyl (C=O) groups is 1. The molecular formula is C13H16F2N2O. The zero-order valence-corrected chi connectivity index (χ0v) is 10.0. The molecule has 0 saturated carbocycles. The van der Waals surface area contributed by atoms with E-state index in [0.29, 0.717) is 12.1 Å². The van der Waals surface area contributed by atoms with Crippen molar-refractivity contribution < 1.29 is 13.6 Å². The molecule has 1 fully saturated rings. The fourth-order valence-electron chi connectivity index (χ4n) is 2.06. The lowest BCUT2D eigenvalue weighted by atomic mass is 9.99. The van der Waals surface area contributed by atoms with Gasteiger partial charge in [0.1, 0.15) is 0 Å². The molecule has 1 aliphatic heterocycles. The van der Waals surface area contributed by atoms with Crippen LogP contribution < -0.4 is 10.6 Å². The molecule has 0 spiro atoms. The summed E-state index contributed by atoms with van der Waals surface area (Å²) < 4.78 is 25.7. The zero-order chi connectivity index (χ0) is 13.0. The summed E-state index contributed by atoms with van der Waals surface area (Å²) >= 11 is 0. The molecule has 1 aromatic carbocycles. The van der Waals surface area contributed by atoms with E-state index in [1.54, 1.807) is 0 Å². The number of amides is 1. The van der Waals surface area contributed by atoms with Crippen molar-refractivity contribution in [3.05, 3.63) is 35.4 Å². The Morgan fingerprint density at radius 3 is 2.89 bits per heavy atom. The summed E-state index contributed by atoms with van der Waals surface area (Å²) in [6.07, 6.45) is 1.86. The first kappa shape index (κ1) is 13.0. The highest BCUT2D eigenvalue weighted by atomic mass is 19.2. The van der Waals surface area contributed by atoms with Gasteiger partial charge in [-0.2, -0.15) is 0 Å². The number of hydrogen-bond donors (Lipinski definition) is 2. The lowest BCUT2D eigenvalue weighted by Crippen LogP contribution is -2.40. The third-order valence-corrected chi connectivity index (χ3v) is 3.12. The molecule has 1 aromatic rings. The summed E-state index contributed by atoms with van der Waals surface area (Å²) in [4.78, 5) is 11.8. The summed E-state index contributed by atoms with van der Waals surface area (Å²) in [5.74, 6) is -1.82. The maximum atomic E-state index is 13.0. The monoisotopic (exact) mass is 254 g/mol. The largest absolute Gasteiger partial charge is 0.352 e. The number of nitrogens with one attached hydrogen (secondary N) is 2. The second kappa shape index (κ2) is 5.91. The van der Waals surface area contributed by atoms with E-state index >= 15 is 0 Å². The average molecular weight is 254 g/mol. The van der Waals surface area contributed by atoms with Gasteiger partial charge in [-0.1, -0.05) is 6.07 Å². The Morgan fingerprint density at radius 1 is 1.39 bits per heavy atom. The van der Waals surface area contributed by atoms with E-state index in [-0.39, 0.29) is 18.4 Å². The molecule has 2 rings (SSSR count). The number of piperidine rings is 1. The Labute approximate surface area is 105 Å². The molecule has 0 radical (unpaired) electrons. The molecule has 0 aromatic heterocycles. The highest BCUT2D eigenvalue weighted by molar-refractivity contribution is 5.78. The van der Waals surface area contributed by atoms with Crippen LogP contribution in [0.4, 0.5) is 8.78 Å². The number of halogens is 2.